The number of amidine groups is 2. The largest absolute Gasteiger partial charge is 0.464 e. The van der Waals surface area contributed by atoms with Gasteiger partial charge in [-0.2, -0.15) is 13.2 Å². The third kappa shape index (κ3) is 5.18. The first-order valence-electron chi connectivity index (χ1n) is 8.36. The number of unbranched alkanes of at least 4 members (excludes halogenated alkanes) is 3. The van der Waals surface area contributed by atoms with Crippen LogP contribution in [0.5, 0.6) is 0 Å². The molecule has 140 valence electrons. The fourth-order valence-electron chi connectivity index (χ4n) is 2.47. The summed E-state index contributed by atoms with van der Waals surface area (Å²) in [4.78, 5) is 7.00. The van der Waals surface area contributed by atoms with Gasteiger partial charge in [0.2, 0.25) is 5.84 Å². The van der Waals surface area contributed by atoms with Crippen LogP contribution in [0.25, 0.3) is 11.3 Å². The van der Waals surface area contributed by atoms with E-state index in [4.69, 9.17) is 15.6 Å². The molecule has 2 aromatic rings. The summed E-state index contributed by atoms with van der Waals surface area (Å²) in [5.41, 5.74) is 6.50. The summed E-state index contributed by atoms with van der Waals surface area (Å²) in [6, 6.07) is 5.04. The minimum absolute atomic E-state index is 0.0111. The molecule has 0 aliphatic heterocycles. The van der Waals surface area contributed by atoms with Crippen LogP contribution in [0.2, 0.25) is 0 Å². The molecule has 0 atom stereocenters. The van der Waals surface area contributed by atoms with Crippen LogP contribution >= 0.6 is 0 Å². The Labute approximate surface area is 149 Å². The Hall–Kier alpha value is -2.64. The van der Waals surface area contributed by atoms with E-state index in [1.54, 1.807) is 12.3 Å². The van der Waals surface area contributed by atoms with Gasteiger partial charge in [-0.25, -0.2) is 4.99 Å². The number of rotatable bonds is 7. The Morgan fingerprint density at radius 3 is 2.73 bits per heavy atom. The van der Waals surface area contributed by atoms with Crippen molar-refractivity contribution in [2.75, 3.05) is 0 Å². The number of nitrogens with two attached hydrogens (primary N) is 1. The molecule has 0 unspecified atom stereocenters. The standard InChI is InChI=1S/C18H21F3N4O/c1-2-3-4-5-6-12-8-10-26-15(12)13-7-9-24-14(11-13)16(22)25-17(23)18(19,20)21/h7-11H,2-6H2,1H3,(H3,22,23,25). The predicted octanol–water partition coefficient (Wildman–Crippen LogP) is 4.71. The number of halogens is 3. The third-order valence-electron chi connectivity index (χ3n) is 3.83. The molecule has 0 saturated carbocycles. The Morgan fingerprint density at radius 1 is 1.27 bits per heavy atom. The summed E-state index contributed by atoms with van der Waals surface area (Å²) >= 11 is 0. The van der Waals surface area contributed by atoms with Crippen molar-refractivity contribution >= 4 is 11.7 Å². The Kier molecular flexibility index (Phi) is 6.54. The van der Waals surface area contributed by atoms with Gasteiger partial charge in [-0.05, 0) is 36.6 Å². The highest BCUT2D eigenvalue weighted by Gasteiger charge is 2.34. The molecule has 26 heavy (non-hydrogen) atoms. The smallest absolute Gasteiger partial charge is 0.449 e. The van der Waals surface area contributed by atoms with Gasteiger partial charge in [0.05, 0.1) is 6.26 Å². The summed E-state index contributed by atoms with van der Waals surface area (Å²) < 4.78 is 42.9. The van der Waals surface area contributed by atoms with Gasteiger partial charge in [-0.15, -0.1) is 0 Å². The molecule has 8 heteroatoms. The molecule has 2 rings (SSSR count). The molecule has 0 bridgehead atoms. The van der Waals surface area contributed by atoms with Crippen LogP contribution in [0, 0.1) is 5.41 Å². The van der Waals surface area contributed by atoms with Gasteiger partial charge in [-0.3, -0.25) is 10.4 Å². The maximum Gasteiger partial charge on any atom is 0.449 e. The molecule has 2 heterocycles. The molecule has 2 aromatic heterocycles. The number of pyridine rings is 1. The zero-order chi connectivity index (χ0) is 19.2. The number of furan rings is 1. The maximum atomic E-state index is 12.5. The van der Waals surface area contributed by atoms with E-state index in [2.05, 4.69) is 16.9 Å². The first kappa shape index (κ1) is 19.7. The van der Waals surface area contributed by atoms with Crippen molar-refractivity contribution in [2.45, 2.75) is 45.2 Å². The van der Waals surface area contributed by atoms with Gasteiger partial charge in [0.15, 0.2) is 5.84 Å². The minimum Gasteiger partial charge on any atom is -0.464 e. The van der Waals surface area contributed by atoms with Crippen molar-refractivity contribution in [2.24, 2.45) is 10.7 Å². The van der Waals surface area contributed by atoms with Crippen LogP contribution in [-0.4, -0.2) is 22.8 Å². The fraction of sp³-hybridized carbons (Fsp3) is 0.389. The molecule has 0 spiro atoms. The summed E-state index contributed by atoms with van der Waals surface area (Å²) in [6.07, 6.45) is 3.52. The third-order valence-corrected chi connectivity index (χ3v) is 3.83. The second-order valence-corrected chi connectivity index (χ2v) is 5.86. The lowest BCUT2D eigenvalue weighted by atomic mass is 10.0. The minimum atomic E-state index is -4.78. The van der Waals surface area contributed by atoms with Crippen LogP contribution in [0.1, 0.15) is 43.9 Å². The fourth-order valence-corrected chi connectivity index (χ4v) is 2.47. The van der Waals surface area contributed by atoms with Crippen molar-refractivity contribution in [3.63, 3.8) is 0 Å². The number of hydrogen-bond acceptors (Lipinski definition) is 3. The number of alkyl halides is 3. The number of aryl methyl sites for hydroxylation is 1. The first-order valence-corrected chi connectivity index (χ1v) is 8.36. The van der Waals surface area contributed by atoms with E-state index in [-0.39, 0.29) is 5.69 Å². The predicted molar refractivity (Wildman–Crippen MR) is 94.3 cm³/mol. The molecule has 0 aliphatic rings. The lowest BCUT2D eigenvalue weighted by molar-refractivity contribution is -0.0597. The van der Waals surface area contributed by atoms with Crippen molar-refractivity contribution < 1.29 is 17.6 Å². The number of aliphatic imine (C=N–C) groups is 1. The van der Waals surface area contributed by atoms with Crippen molar-refractivity contribution in [3.05, 3.63) is 41.9 Å². The molecular formula is C18H21F3N4O. The average Bonchev–Trinajstić information content (AvgIpc) is 3.06. The van der Waals surface area contributed by atoms with Crippen LogP contribution in [0.3, 0.4) is 0 Å². The molecule has 0 amide bonds. The van der Waals surface area contributed by atoms with Crippen molar-refractivity contribution in [1.82, 2.24) is 4.98 Å². The van der Waals surface area contributed by atoms with Gasteiger partial charge < -0.3 is 10.2 Å². The highest BCUT2D eigenvalue weighted by molar-refractivity contribution is 6.05. The van der Waals surface area contributed by atoms with Crippen LogP contribution in [0.4, 0.5) is 13.2 Å². The highest BCUT2D eigenvalue weighted by atomic mass is 19.4. The van der Waals surface area contributed by atoms with Gasteiger partial charge in [0, 0.05) is 11.8 Å². The van der Waals surface area contributed by atoms with E-state index in [0.717, 1.165) is 31.2 Å². The Balaban J connectivity index is 2.20. The number of aromatic nitrogens is 1. The van der Waals surface area contributed by atoms with E-state index in [0.29, 0.717) is 11.3 Å². The zero-order valence-electron chi connectivity index (χ0n) is 14.4. The van der Waals surface area contributed by atoms with Gasteiger partial charge in [-0.1, -0.05) is 26.2 Å². The van der Waals surface area contributed by atoms with Crippen LogP contribution in [0.15, 0.2) is 40.1 Å². The second kappa shape index (κ2) is 8.64. The second-order valence-electron chi connectivity index (χ2n) is 5.86. The van der Waals surface area contributed by atoms with E-state index >= 15 is 0 Å². The molecular weight excluding hydrogens is 345 g/mol. The molecule has 0 radical (unpaired) electrons. The van der Waals surface area contributed by atoms with Crippen molar-refractivity contribution in [1.29, 1.82) is 5.41 Å². The number of nitrogens with one attached hydrogen (secondary N) is 1. The molecule has 5 nitrogen and oxygen atoms in total. The van der Waals surface area contributed by atoms with Crippen LogP contribution < -0.4 is 5.73 Å². The van der Waals surface area contributed by atoms with E-state index in [1.165, 1.54) is 18.7 Å². The van der Waals surface area contributed by atoms with E-state index in [9.17, 15) is 13.2 Å². The average molecular weight is 366 g/mol. The summed E-state index contributed by atoms with van der Waals surface area (Å²) in [5, 5.41) is 7.71. The SMILES string of the molecule is CCCCCCc1ccoc1-c1ccnc(C(=N)N=C(N)C(F)(F)F)c1. The first-order chi connectivity index (χ1) is 12.3. The number of nitrogens with zero attached hydrogens (tertiary/aromatic N) is 2. The highest BCUT2D eigenvalue weighted by Crippen LogP contribution is 2.27. The molecule has 0 aromatic carbocycles. The molecule has 3 N–H and O–H groups in total. The lowest BCUT2D eigenvalue weighted by Gasteiger charge is -2.07. The maximum absolute atomic E-state index is 12.5. The summed E-state index contributed by atoms with van der Waals surface area (Å²) in [5.74, 6) is -1.60. The number of hydrogen-bond donors (Lipinski definition) is 2. The molecule has 0 fully saturated rings. The Morgan fingerprint density at radius 2 is 2.04 bits per heavy atom. The molecule has 0 saturated heterocycles. The lowest BCUT2D eigenvalue weighted by Crippen LogP contribution is -2.32. The van der Waals surface area contributed by atoms with Crippen LogP contribution in [-0.2, 0) is 6.42 Å². The van der Waals surface area contributed by atoms with E-state index < -0.39 is 17.8 Å². The van der Waals surface area contributed by atoms with Gasteiger partial charge in [0.25, 0.3) is 0 Å². The summed E-state index contributed by atoms with van der Waals surface area (Å²) in [6.45, 7) is 2.14. The quantitative estimate of drug-likeness (QED) is 0.422. The molecule has 0 aliphatic carbocycles. The monoisotopic (exact) mass is 366 g/mol. The van der Waals surface area contributed by atoms with Gasteiger partial charge in [0.1, 0.15) is 11.5 Å². The van der Waals surface area contributed by atoms with E-state index in [1.807, 2.05) is 6.07 Å². The Bertz CT molecular complexity index is 781. The van der Waals surface area contributed by atoms with Crippen molar-refractivity contribution in [3.8, 4) is 11.3 Å². The zero-order valence-corrected chi connectivity index (χ0v) is 14.4. The normalized spacial score (nSPS) is 12.4. The summed E-state index contributed by atoms with van der Waals surface area (Å²) in [7, 11) is 0. The van der Waals surface area contributed by atoms with Gasteiger partial charge >= 0.3 is 6.18 Å². The topological polar surface area (TPSA) is 88.3 Å².